The number of aryl methyl sites for hydroxylation is 2. The number of hydrogen-bond acceptors (Lipinski definition) is 3. The molecule has 0 unspecified atom stereocenters. The van der Waals surface area contributed by atoms with Crippen molar-refractivity contribution >= 4 is 28.2 Å². The van der Waals surface area contributed by atoms with Gasteiger partial charge in [-0.3, -0.25) is 4.79 Å². The maximum Gasteiger partial charge on any atom is 0.253 e. The Morgan fingerprint density at radius 1 is 1.34 bits per heavy atom. The summed E-state index contributed by atoms with van der Waals surface area (Å²) < 4.78 is 5.69. The van der Waals surface area contributed by atoms with Crippen LogP contribution in [0.3, 0.4) is 0 Å². The summed E-state index contributed by atoms with van der Waals surface area (Å²) in [4.78, 5) is 19.3. The van der Waals surface area contributed by atoms with Gasteiger partial charge in [0.25, 0.3) is 5.56 Å². The number of fused-ring (bicyclic) bond motifs is 1. The van der Waals surface area contributed by atoms with E-state index < -0.39 is 0 Å². The van der Waals surface area contributed by atoms with Crippen molar-refractivity contribution in [1.29, 1.82) is 0 Å². The Bertz CT molecular complexity index is 919. The van der Waals surface area contributed by atoms with E-state index in [0.29, 0.717) is 11.7 Å². The van der Waals surface area contributed by atoms with Gasteiger partial charge < -0.3 is 24.8 Å². The van der Waals surface area contributed by atoms with E-state index in [4.69, 9.17) is 17.0 Å². The maximum absolute atomic E-state index is 12.8. The SMILES string of the molecule is Cc1ccc(C)c2[nH]c(=O)c(CN(CC[NH+](C)C)C(=S)NC[C@H]3CCCO3)cc12. The molecule has 1 aromatic heterocycles. The van der Waals surface area contributed by atoms with E-state index in [0.717, 1.165) is 66.7 Å². The molecule has 6 nitrogen and oxygen atoms in total. The quantitative estimate of drug-likeness (QED) is 0.590. The van der Waals surface area contributed by atoms with E-state index in [1.54, 1.807) is 0 Å². The summed E-state index contributed by atoms with van der Waals surface area (Å²) in [6, 6.07) is 6.17. The number of benzene rings is 1. The summed E-state index contributed by atoms with van der Waals surface area (Å²) in [5.41, 5.74) is 3.85. The molecule has 0 amide bonds. The molecule has 158 valence electrons. The Balaban J connectivity index is 1.80. The number of aromatic amines is 1. The zero-order valence-electron chi connectivity index (χ0n) is 17.9. The van der Waals surface area contributed by atoms with E-state index in [2.05, 4.69) is 42.3 Å². The number of H-pyrrole nitrogens is 1. The summed E-state index contributed by atoms with van der Waals surface area (Å²) in [5.74, 6) is 0. The van der Waals surface area contributed by atoms with Gasteiger partial charge in [0.15, 0.2) is 5.11 Å². The van der Waals surface area contributed by atoms with Crippen molar-refractivity contribution < 1.29 is 9.64 Å². The van der Waals surface area contributed by atoms with Crippen molar-refractivity contribution in [2.75, 3.05) is 40.3 Å². The Hall–Kier alpha value is -1.96. The van der Waals surface area contributed by atoms with Crippen LogP contribution >= 0.6 is 12.2 Å². The van der Waals surface area contributed by atoms with Crippen molar-refractivity contribution in [2.24, 2.45) is 0 Å². The van der Waals surface area contributed by atoms with Gasteiger partial charge in [-0.25, -0.2) is 0 Å². The number of aromatic nitrogens is 1. The monoisotopic (exact) mass is 417 g/mol. The number of pyridine rings is 1. The van der Waals surface area contributed by atoms with Crippen molar-refractivity contribution in [1.82, 2.24) is 15.2 Å². The third-order valence-corrected chi connectivity index (χ3v) is 5.96. The van der Waals surface area contributed by atoms with Gasteiger partial charge in [-0.1, -0.05) is 12.1 Å². The lowest BCUT2D eigenvalue weighted by Crippen LogP contribution is -3.06. The van der Waals surface area contributed by atoms with Gasteiger partial charge in [-0.2, -0.15) is 0 Å². The zero-order valence-corrected chi connectivity index (χ0v) is 18.7. The first kappa shape index (κ1) is 21.7. The molecule has 7 heteroatoms. The van der Waals surface area contributed by atoms with Crippen LogP contribution in [-0.2, 0) is 11.3 Å². The van der Waals surface area contributed by atoms with Crippen LogP contribution in [0.4, 0.5) is 0 Å². The van der Waals surface area contributed by atoms with E-state index in [9.17, 15) is 4.79 Å². The largest absolute Gasteiger partial charge is 0.376 e. The van der Waals surface area contributed by atoms with E-state index >= 15 is 0 Å². The average molecular weight is 418 g/mol. The fourth-order valence-electron chi connectivity index (χ4n) is 3.67. The molecule has 0 aliphatic carbocycles. The second kappa shape index (κ2) is 9.69. The molecule has 1 aromatic carbocycles. The van der Waals surface area contributed by atoms with Gasteiger partial charge in [0.1, 0.15) is 0 Å². The predicted octanol–water partition coefficient (Wildman–Crippen LogP) is 1.14. The first-order chi connectivity index (χ1) is 13.8. The molecule has 0 spiro atoms. The highest BCUT2D eigenvalue weighted by molar-refractivity contribution is 7.80. The minimum absolute atomic E-state index is 0.0460. The fourth-order valence-corrected chi connectivity index (χ4v) is 3.91. The van der Waals surface area contributed by atoms with Gasteiger partial charge >= 0.3 is 0 Å². The molecule has 1 aliphatic heterocycles. The second-order valence-corrected chi connectivity index (χ2v) is 8.70. The highest BCUT2D eigenvalue weighted by atomic mass is 32.1. The van der Waals surface area contributed by atoms with Crippen molar-refractivity contribution in [2.45, 2.75) is 39.3 Å². The Morgan fingerprint density at radius 3 is 2.79 bits per heavy atom. The molecule has 1 aliphatic rings. The summed E-state index contributed by atoms with van der Waals surface area (Å²) in [5, 5.41) is 5.13. The predicted molar refractivity (Wildman–Crippen MR) is 122 cm³/mol. The number of thiocarbonyl (C=S) groups is 1. The molecular formula is C22H33N4O2S+. The van der Waals surface area contributed by atoms with Gasteiger partial charge in [0.2, 0.25) is 0 Å². The average Bonchev–Trinajstić information content (AvgIpc) is 3.20. The van der Waals surface area contributed by atoms with Crippen LogP contribution < -0.4 is 15.8 Å². The lowest BCUT2D eigenvalue weighted by Gasteiger charge is -2.27. The maximum atomic E-state index is 12.8. The van der Waals surface area contributed by atoms with E-state index in [1.807, 2.05) is 19.1 Å². The van der Waals surface area contributed by atoms with Crippen LogP contribution in [0.15, 0.2) is 23.0 Å². The molecule has 0 saturated carbocycles. The summed E-state index contributed by atoms with van der Waals surface area (Å²) in [7, 11) is 4.24. The van der Waals surface area contributed by atoms with Crippen LogP contribution in [-0.4, -0.2) is 61.4 Å². The van der Waals surface area contributed by atoms with Gasteiger partial charge in [0.05, 0.1) is 45.4 Å². The first-order valence-electron chi connectivity index (χ1n) is 10.4. The molecule has 1 fully saturated rings. The molecule has 2 aromatic rings. The third-order valence-electron chi connectivity index (χ3n) is 5.56. The number of quaternary nitrogens is 1. The van der Waals surface area contributed by atoms with Crippen LogP contribution in [0.1, 0.15) is 29.5 Å². The van der Waals surface area contributed by atoms with Crippen LogP contribution in [0, 0.1) is 13.8 Å². The lowest BCUT2D eigenvalue weighted by atomic mass is 10.0. The fraction of sp³-hybridized carbons (Fsp3) is 0.545. The number of hydrogen-bond donors (Lipinski definition) is 3. The number of nitrogens with zero attached hydrogens (tertiary/aromatic N) is 1. The Kier molecular flexibility index (Phi) is 7.27. The molecule has 0 radical (unpaired) electrons. The number of likely N-dealkylation sites (N-methyl/N-ethyl adjacent to an activating group) is 1. The van der Waals surface area contributed by atoms with Gasteiger partial charge in [-0.05, 0) is 56.1 Å². The van der Waals surface area contributed by atoms with Crippen LogP contribution in [0.25, 0.3) is 10.9 Å². The Labute approximate surface area is 178 Å². The highest BCUT2D eigenvalue weighted by Gasteiger charge is 2.19. The van der Waals surface area contributed by atoms with E-state index in [1.165, 1.54) is 4.90 Å². The molecule has 29 heavy (non-hydrogen) atoms. The third kappa shape index (κ3) is 5.56. The normalized spacial score (nSPS) is 16.5. The molecule has 3 rings (SSSR count). The second-order valence-electron chi connectivity index (χ2n) is 8.31. The van der Waals surface area contributed by atoms with Crippen molar-refractivity contribution in [3.05, 3.63) is 45.2 Å². The summed E-state index contributed by atoms with van der Waals surface area (Å²) in [6.07, 6.45) is 2.40. The Morgan fingerprint density at radius 2 is 2.10 bits per heavy atom. The molecule has 0 bridgehead atoms. The van der Waals surface area contributed by atoms with Crippen LogP contribution in [0.2, 0.25) is 0 Å². The molecular weight excluding hydrogens is 384 g/mol. The molecule has 3 N–H and O–H groups in total. The summed E-state index contributed by atoms with van der Waals surface area (Å²) >= 11 is 5.68. The summed E-state index contributed by atoms with van der Waals surface area (Å²) in [6.45, 7) is 7.85. The standard InChI is InChI=1S/C22H32N4O2S/c1-15-7-8-16(2)20-19(15)12-17(21(27)24-20)14-26(10-9-25(3)4)22(29)23-13-18-6-5-11-28-18/h7-8,12,18H,5-6,9-11,13-14H2,1-4H3,(H,23,29)(H,24,27)/p+1/t18-/m1/s1. The molecule has 1 saturated heterocycles. The highest BCUT2D eigenvalue weighted by Crippen LogP contribution is 2.20. The zero-order chi connectivity index (χ0) is 21.0. The van der Waals surface area contributed by atoms with E-state index in [-0.39, 0.29) is 11.7 Å². The number of rotatable bonds is 7. The molecule has 1 atom stereocenters. The lowest BCUT2D eigenvalue weighted by molar-refractivity contribution is -0.857. The van der Waals surface area contributed by atoms with Crippen molar-refractivity contribution in [3.8, 4) is 0 Å². The minimum atomic E-state index is -0.0460. The van der Waals surface area contributed by atoms with Crippen molar-refractivity contribution in [3.63, 3.8) is 0 Å². The van der Waals surface area contributed by atoms with Gasteiger partial charge in [-0.15, -0.1) is 0 Å². The first-order valence-corrected chi connectivity index (χ1v) is 10.8. The molecule has 2 heterocycles. The van der Waals surface area contributed by atoms with Crippen LogP contribution in [0.5, 0.6) is 0 Å². The van der Waals surface area contributed by atoms with Gasteiger partial charge in [0, 0.05) is 24.1 Å². The topological polar surface area (TPSA) is 61.8 Å². The number of nitrogens with one attached hydrogen (secondary N) is 3. The minimum Gasteiger partial charge on any atom is -0.376 e. The smallest absolute Gasteiger partial charge is 0.253 e. The number of ether oxygens (including phenoxy) is 1.